The molecule has 0 spiro atoms. The van der Waals surface area contributed by atoms with E-state index in [1.807, 2.05) is 0 Å². The van der Waals surface area contributed by atoms with E-state index < -0.39 is 36.5 Å². The Morgan fingerprint density at radius 1 is 0.818 bits per heavy atom. The Balaban J connectivity index is 1.42. The number of non-ortho nitro benzene ring substituents is 1. The minimum absolute atomic E-state index is 0.0132. The number of carbonyl (C=O) groups is 2. The van der Waals surface area contributed by atoms with Gasteiger partial charge in [-0.1, -0.05) is 12.1 Å². The second-order valence-electron chi connectivity index (χ2n) is 9.15. The second-order valence-corrected chi connectivity index (χ2v) is 12.6. The predicted molar refractivity (Wildman–Crippen MR) is 159 cm³/mol. The van der Waals surface area contributed by atoms with Crippen LogP contribution in [0.1, 0.15) is 22.8 Å². The van der Waals surface area contributed by atoms with E-state index in [0.717, 1.165) is 30.3 Å². The van der Waals surface area contributed by atoms with Crippen LogP contribution in [-0.2, 0) is 31.4 Å². The fourth-order valence-electron chi connectivity index (χ4n) is 3.80. The summed E-state index contributed by atoms with van der Waals surface area (Å²) in [6, 6.07) is 19.7. The molecule has 228 valence electrons. The number of sulfonamides is 2. The number of hydrogen-bond acceptors (Lipinski definition) is 9. The van der Waals surface area contributed by atoms with Gasteiger partial charge in [-0.15, -0.1) is 0 Å². The van der Waals surface area contributed by atoms with Gasteiger partial charge in [-0.05, 0) is 72.3 Å². The number of carboxylic acid groups (broad SMARTS) is 1. The SMILES string of the molecule is CC(=O)Nc1ccc(S(=O)(=O)NCc2ccc(Oc3ccc(NS(=O)(=O)c4ccc([N+](=O)[O-])cc4)c(C(=O)O)c3)cc2)cc1. The summed E-state index contributed by atoms with van der Waals surface area (Å²) in [7, 11) is -8.11. The first-order chi connectivity index (χ1) is 20.7. The maximum atomic E-state index is 12.7. The summed E-state index contributed by atoms with van der Waals surface area (Å²) < 4.78 is 61.1. The highest BCUT2D eigenvalue weighted by Crippen LogP contribution is 2.29. The lowest BCUT2D eigenvalue weighted by Crippen LogP contribution is -2.23. The summed E-state index contributed by atoms with van der Waals surface area (Å²) >= 11 is 0. The summed E-state index contributed by atoms with van der Waals surface area (Å²) in [5.41, 5.74) is 0.0795. The topological polar surface area (TPSA) is 211 Å². The Bertz CT molecular complexity index is 1930. The molecule has 0 saturated heterocycles. The normalized spacial score (nSPS) is 11.4. The first-order valence-corrected chi connectivity index (χ1v) is 15.5. The van der Waals surface area contributed by atoms with Gasteiger partial charge in [-0.3, -0.25) is 19.6 Å². The molecule has 1 amide bonds. The highest BCUT2D eigenvalue weighted by Gasteiger charge is 2.21. The largest absolute Gasteiger partial charge is 0.478 e. The summed E-state index contributed by atoms with van der Waals surface area (Å²) in [5, 5.41) is 23.1. The molecule has 0 aliphatic heterocycles. The molecule has 0 fully saturated rings. The van der Waals surface area contributed by atoms with Crippen molar-refractivity contribution in [3.05, 3.63) is 112 Å². The first-order valence-electron chi connectivity index (χ1n) is 12.5. The molecular weight excluding hydrogens is 616 g/mol. The van der Waals surface area contributed by atoms with Gasteiger partial charge in [-0.2, -0.15) is 0 Å². The van der Waals surface area contributed by atoms with E-state index in [9.17, 15) is 41.6 Å². The van der Waals surface area contributed by atoms with Crippen LogP contribution in [0.4, 0.5) is 17.1 Å². The number of benzene rings is 4. The fraction of sp³-hybridized carbons (Fsp3) is 0.0714. The molecule has 0 aromatic heterocycles. The van der Waals surface area contributed by atoms with Gasteiger partial charge in [-0.25, -0.2) is 26.4 Å². The molecule has 4 aromatic rings. The van der Waals surface area contributed by atoms with E-state index in [1.165, 1.54) is 55.5 Å². The van der Waals surface area contributed by atoms with Crippen molar-refractivity contribution in [2.75, 3.05) is 10.0 Å². The summed E-state index contributed by atoms with van der Waals surface area (Å²) in [5.74, 6) is -1.35. The number of anilines is 2. The molecule has 4 N–H and O–H groups in total. The molecule has 4 aromatic carbocycles. The smallest absolute Gasteiger partial charge is 0.337 e. The molecule has 0 unspecified atom stereocenters. The average Bonchev–Trinajstić information content (AvgIpc) is 2.97. The molecule has 0 aliphatic carbocycles. The van der Waals surface area contributed by atoms with E-state index >= 15 is 0 Å². The van der Waals surface area contributed by atoms with E-state index in [4.69, 9.17) is 4.74 Å². The summed E-state index contributed by atoms with van der Waals surface area (Å²) in [4.78, 5) is 32.9. The molecule has 14 nitrogen and oxygen atoms in total. The minimum atomic E-state index is -4.27. The highest BCUT2D eigenvalue weighted by molar-refractivity contribution is 7.92. The summed E-state index contributed by atoms with van der Waals surface area (Å²) in [6.45, 7) is 1.30. The van der Waals surface area contributed by atoms with Crippen LogP contribution in [0, 0.1) is 10.1 Å². The Kier molecular flexibility index (Phi) is 9.27. The van der Waals surface area contributed by atoms with Crippen LogP contribution in [0.5, 0.6) is 11.5 Å². The third-order valence-electron chi connectivity index (χ3n) is 5.93. The van der Waals surface area contributed by atoms with Crippen molar-refractivity contribution in [1.29, 1.82) is 0 Å². The molecule has 0 radical (unpaired) electrons. The van der Waals surface area contributed by atoms with Crippen LogP contribution < -0.4 is 19.5 Å². The van der Waals surface area contributed by atoms with Gasteiger partial charge in [0.2, 0.25) is 15.9 Å². The minimum Gasteiger partial charge on any atom is -0.478 e. The second kappa shape index (κ2) is 12.9. The molecule has 44 heavy (non-hydrogen) atoms. The number of amides is 1. The van der Waals surface area contributed by atoms with E-state index in [1.54, 1.807) is 12.1 Å². The Hall–Kier alpha value is -5.32. The van der Waals surface area contributed by atoms with Gasteiger partial charge in [0.25, 0.3) is 15.7 Å². The van der Waals surface area contributed by atoms with Crippen LogP contribution >= 0.6 is 0 Å². The number of rotatable bonds is 12. The molecule has 0 saturated carbocycles. The van der Waals surface area contributed by atoms with E-state index in [0.29, 0.717) is 17.0 Å². The standard InChI is InChI=1S/C28H24N4O10S2/c1-18(33)30-20-4-11-24(12-5-20)43(38,39)29-17-19-2-8-22(9-3-19)42-23-10-15-27(26(16-23)28(34)35)31-44(40,41)25-13-6-21(7-14-25)32(36)37/h2-16,29,31H,17H2,1H3,(H,30,33)(H,34,35). The average molecular weight is 641 g/mol. The van der Waals surface area contributed by atoms with E-state index in [2.05, 4.69) is 14.8 Å². The van der Waals surface area contributed by atoms with Crippen LogP contribution in [0.15, 0.2) is 101 Å². The van der Waals surface area contributed by atoms with Crippen molar-refractivity contribution >= 4 is 49.0 Å². The lowest BCUT2D eigenvalue weighted by Gasteiger charge is -2.13. The molecule has 0 bridgehead atoms. The predicted octanol–water partition coefficient (Wildman–Crippen LogP) is 4.32. The number of nitro benzene ring substituents is 1. The third-order valence-corrected chi connectivity index (χ3v) is 8.73. The maximum Gasteiger partial charge on any atom is 0.337 e. The van der Waals surface area contributed by atoms with Gasteiger partial charge in [0.1, 0.15) is 11.5 Å². The molecule has 16 heteroatoms. The number of aromatic carboxylic acids is 1. The Morgan fingerprint density at radius 3 is 1.95 bits per heavy atom. The molecule has 0 aliphatic rings. The molecule has 0 atom stereocenters. The van der Waals surface area contributed by atoms with Crippen LogP contribution in [0.3, 0.4) is 0 Å². The highest BCUT2D eigenvalue weighted by atomic mass is 32.2. The van der Waals surface area contributed by atoms with Crippen molar-refractivity contribution in [3.63, 3.8) is 0 Å². The van der Waals surface area contributed by atoms with Crippen molar-refractivity contribution in [2.45, 2.75) is 23.3 Å². The Morgan fingerprint density at radius 2 is 1.39 bits per heavy atom. The zero-order valence-corrected chi connectivity index (χ0v) is 24.4. The summed E-state index contributed by atoms with van der Waals surface area (Å²) in [6.07, 6.45) is 0. The molecular formula is C28H24N4O10S2. The quantitative estimate of drug-likeness (QED) is 0.127. The maximum absolute atomic E-state index is 12.7. The van der Waals surface area contributed by atoms with Crippen molar-refractivity contribution in [3.8, 4) is 11.5 Å². The van der Waals surface area contributed by atoms with Gasteiger partial charge in [0, 0.05) is 31.3 Å². The fourth-order valence-corrected chi connectivity index (χ4v) is 5.89. The molecule has 4 rings (SSSR count). The number of hydrogen-bond donors (Lipinski definition) is 4. The number of ether oxygens (including phenoxy) is 1. The first kappa shape index (κ1) is 31.6. The number of carbonyl (C=O) groups excluding carboxylic acids is 1. The zero-order chi connectivity index (χ0) is 32.1. The van der Waals surface area contributed by atoms with Crippen LogP contribution in [-0.4, -0.2) is 38.7 Å². The number of carboxylic acids is 1. The number of nitrogens with one attached hydrogen (secondary N) is 3. The number of nitro groups is 1. The van der Waals surface area contributed by atoms with Gasteiger partial charge in [0.15, 0.2) is 0 Å². The van der Waals surface area contributed by atoms with Crippen molar-refractivity contribution in [2.24, 2.45) is 0 Å². The molecule has 0 heterocycles. The van der Waals surface area contributed by atoms with Crippen molar-refractivity contribution < 1.29 is 41.2 Å². The van der Waals surface area contributed by atoms with Gasteiger partial charge >= 0.3 is 5.97 Å². The van der Waals surface area contributed by atoms with Gasteiger partial charge < -0.3 is 15.2 Å². The van der Waals surface area contributed by atoms with Crippen LogP contribution in [0.25, 0.3) is 0 Å². The third kappa shape index (κ3) is 7.94. The number of nitrogens with zero attached hydrogens (tertiary/aromatic N) is 1. The monoisotopic (exact) mass is 640 g/mol. The zero-order valence-electron chi connectivity index (χ0n) is 22.8. The van der Waals surface area contributed by atoms with E-state index in [-0.39, 0.29) is 39.4 Å². The lowest BCUT2D eigenvalue weighted by atomic mass is 10.1. The van der Waals surface area contributed by atoms with Crippen molar-refractivity contribution in [1.82, 2.24) is 4.72 Å². The Labute approximate surface area is 251 Å². The lowest BCUT2D eigenvalue weighted by molar-refractivity contribution is -0.384. The van der Waals surface area contributed by atoms with Crippen LogP contribution in [0.2, 0.25) is 0 Å². The van der Waals surface area contributed by atoms with Gasteiger partial charge in [0.05, 0.1) is 26.0 Å².